The molecule has 0 atom stereocenters. The molecule has 2 heteroatoms. The molecule has 1 radical (unpaired) electrons. The molecule has 0 aromatic heterocycles. The lowest BCUT2D eigenvalue weighted by atomic mass is 10.1. The number of aliphatic hydroxyl groups is 1. The second-order valence-corrected chi connectivity index (χ2v) is 3.02. The van der Waals surface area contributed by atoms with Crippen LogP contribution in [-0.4, -0.2) is 18.3 Å². The summed E-state index contributed by atoms with van der Waals surface area (Å²) in [6.07, 6.45) is 3.71. The van der Waals surface area contributed by atoms with Gasteiger partial charge in [-0.25, -0.2) is 0 Å². The molecule has 1 aromatic carbocycles. The quantitative estimate of drug-likeness (QED) is 0.704. The second-order valence-electron chi connectivity index (χ2n) is 3.02. The first-order valence-corrected chi connectivity index (χ1v) is 4.57. The number of aliphatic hydroxyl groups excluding tert-OH is 1. The van der Waals surface area contributed by atoms with E-state index in [2.05, 4.69) is 24.3 Å². The Morgan fingerprint density at radius 2 is 1.77 bits per heavy atom. The minimum absolute atomic E-state index is 0.217. The summed E-state index contributed by atoms with van der Waals surface area (Å²) in [6.45, 7) is 0.840. The molecule has 0 aliphatic rings. The van der Waals surface area contributed by atoms with Crippen molar-refractivity contribution in [2.75, 3.05) is 13.2 Å². The minimum Gasteiger partial charge on any atom is -0.396 e. The van der Waals surface area contributed by atoms with E-state index in [0.717, 1.165) is 12.8 Å². The Bertz CT molecular complexity index is 230. The molecule has 0 heterocycles. The molecule has 1 aromatic rings. The van der Waals surface area contributed by atoms with Gasteiger partial charge in [-0.3, -0.25) is 0 Å². The molecule has 0 aliphatic heterocycles. The number of nitrogens with two attached hydrogens (primary N) is 1. The third-order valence-electron chi connectivity index (χ3n) is 1.97. The lowest BCUT2D eigenvalue weighted by molar-refractivity contribution is 0.299. The first kappa shape index (κ1) is 10.2. The smallest absolute Gasteiger partial charge is 0.0471 e. The zero-order chi connectivity index (χ0) is 9.52. The number of rotatable bonds is 5. The van der Waals surface area contributed by atoms with Gasteiger partial charge in [-0.2, -0.15) is 0 Å². The van der Waals surface area contributed by atoms with Crippen LogP contribution in [-0.2, 0) is 12.8 Å². The van der Waals surface area contributed by atoms with Gasteiger partial charge in [-0.05, 0) is 36.9 Å². The molecule has 71 valence electrons. The average Bonchev–Trinajstić information content (AvgIpc) is 2.17. The third kappa shape index (κ3) is 3.57. The van der Waals surface area contributed by atoms with Gasteiger partial charge in [0.05, 0.1) is 0 Å². The van der Waals surface area contributed by atoms with Gasteiger partial charge in [0, 0.05) is 6.61 Å². The number of hydrogen-bond acceptors (Lipinski definition) is 2. The predicted octanol–water partition coefficient (Wildman–Crippen LogP) is 0.927. The van der Waals surface area contributed by atoms with Crippen molar-refractivity contribution < 1.29 is 5.11 Å². The van der Waals surface area contributed by atoms with Crippen molar-refractivity contribution in [2.24, 2.45) is 5.73 Å². The van der Waals surface area contributed by atoms with Crippen LogP contribution in [0.1, 0.15) is 11.1 Å². The Hall–Kier alpha value is -0.860. The van der Waals surface area contributed by atoms with Crippen molar-refractivity contribution in [2.45, 2.75) is 12.8 Å². The van der Waals surface area contributed by atoms with Crippen molar-refractivity contribution in [3.8, 4) is 0 Å². The zero-order valence-corrected chi connectivity index (χ0v) is 7.74. The average molecular weight is 178 g/mol. The zero-order valence-electron chi connectivity index (χ0n) is 7.74. The maximum absolute atomic E-state index is 8.71. The minimum atomic E-state index is 0.217. The van der Waals surface area contributed by atoms with Crippen molar-refractivity contribution in [1.29, 1.82) is 0 Å². The van der Waals surface area contributed by atoms with Crippen LogP contribution in [0.4, 0.5) is 0 Å². The lowest BCUT2D eigenvalue weighted by Crippen LogP contribution is -2.01. The summed E-state index contributed by atoms with van der Waals surface area (Å²) >= 11 is 0. The van der Waals surface area contributed by atoms with Gasteiger partial charge in [0.2, 0.25) is 0 Å². The van der Waals surface area contributed by atoms with Crippen molar-refractivity contribution in [3.63, 3.8) is 0 Å². The summed E-state index contributed by atoms with van der Waals surface area (Å²) in [7, 11) is 0. The molecular formula is C11H16NO. The Kier molecular flexibility index (Phi) is 4.50. The summed E-state index contributed by atoms with van der Waals surface area (Å²) < 4.78 is 0. The first-order valence-electron chi connectivity index (χ1n) is 4.57. The molecule has 0 spiro atoms. The van der Waals surface area contributed by atoms with Crippen LogP contribution < -0.4 is 5.73 Å². The van der Waals surface area contributed by atoms with Crippen LogP contribution in [0.15, 0.2) is 24.3 Å². The Balaban J connectivity index is 2.48. The summed E-state index contributed by atoms with van der Waals surface area (Å²) in [5.41, 5.74) is 7.82. The number of hydrogen-bond donors (Lipinski definition) is 2. The van der Waals surface area contributed by atoms with Crippen LogP contribution in [0.25, 0.3) is 0 Å². The molecule has 0 saturated heterocycles. The van der Waals surface area contributed by atoms with E-state index in [4.69, 9.17) is 10.8 Å². The fourth-order valence-electron chi connectivity index (χ4n) is 1.22. The standard InChI is InChI=1S/C11H16NO/c12-8-1-2-10-3-5-11(6-4-10)7-9-13/h1,3-6,13H,2,7-9,12H2. The first-order chi connectivity index (χ1) is 6.36. The van der Waals surface area contributed by atoms with Crippen molar-refractivity contribution in [1.82, 2.24) is 0 Å². The van der Waals surface area contributed by atoms with E-state index < -0.39 is 0 Å². The van der Waals surface area contributed by atoms with Crippen LogP contribution in [0.2, 0.25) is 0 Å². The summed E-state index contributed by atoms with van der Waals surface area (Å²) in [4.78, 5) is 0. The van der Waals surface area contributed by atoms with Gasteiger partial charge >= 0.3 is 0 Å². The topological polar surface area (TPSA) is 46.2 Å². The van der Waals surface area contributed by atoms with Crippen LogP contribution in [0, 0.1) is 6.42 Å². The Morgan fingerprint density at radius 3 is 2.31 bits per heavy atom. The van der Waals surface area contributed by atoms with Gasteiger partial charge in [0.25, 0.3) is 0 Å². The Morgan fingerprint density at radius 1 is 1.15 bits per heavy atom. The van der Waals surface area contributed by atoms with E-state index >= 15 is 0 Å². The molecule has 0 unspecified atom stereocenters. The molecular weight excluding hydrogens is 162 g/mol. The molecule has 3 N–H and O–H groups in total. The molecule has 0 bridgehead atoms. The number of benzene rings is 1. The molecule has 0 aliphatic carbocycles. The summed E-state index contributed by atoms with van der Waals surface area (Å²) in [6, 6.07) is 8.26. The molecule has 0 fully saturated rings. The van der Waals surface area contributed by atoms with Gasteiger partial charge in [-0.15, -0.1) is 0 Å². The van der Waals surface area contributed by atoms with Crippen molar-refractivity contribution >= 4 is 0 Å². The van der Waals surface area contributed by atoms with E-state index in [1.54, 1.807) is 0 Å². The highest BCUT2D eigenvalue weighted by Gasteiger charge is 1.93. The second kappa shape index (κ2) is 5.73. The van der Waals surface area contributed by atoms with E-state index in [1.165, 1.54) is 11.1 Å². The molecule has 0 saturated carbocycles. The third-order valence-corrected chi connectivity index (χ3v) is 1.97. The maximum atomic E-state index is 8.71. The highest BCUT2D eigenvalue weighted by molar-refractivity contribution is 5.23. The maximum Gasteiger partial charge on any atom is 0.0471 e. The normalized spacial score (nSPS) is 10.3. The van der Waals surface area contributed by atoms with E-state index in [0.29, 0.717) is 6.54 Å². The molecule has 1 rings (SSSR count). The van der Waals surface area contributed by atoms with Crippen LogP contribution in [0.5, 0.6) is 0 Å². The van der Waals surface area contributed by atoms with Gasteiger partial charge in [0.1, 0.15) is 0 Å². The monoisotopic (exact) mass is 178 g/mol. The summed E-state index contributed by atoms with van der Waals surface area (Å²) in [5, 5.41) is 8.71. The van der Waals surface area contributed by atoms with Crippen molar-refractivity contribution in [3.05, 3.63) is 41.8 Å². The molecule has 0 amide bonds. The molecule has 13 heavy (non-hydrogen) atoms. The highest BCUT2D eigenvalue weighted by atomic mass is 16.2. The largest absolute Gasteiger partial charge is 0.396 e. The van der Waals surface area contributed by atoms with E-state index in [9.17, 15) is 0 Å². The van der Waals surface area contributed by atoms with Crippen LogP contribution >= 0.6 is 0 Å². The van der Waals surface area contributed by atoms with E-state index in [1.807, 2.05) is 6.42 Å². The fourth-order valence-corrected chi connectivity index (χ4v) is 1.22. The SMILES string of the molecule is NC[CH]Cc1ccc(CCO)cc1. The van der Waals surface area contributed by atoms with Gasteiger partial charge in [0.15, 0.2) is 0 Å². The summed E-state index contributed by atoms with van der Waals surface area (Å²) in [5.74, 6) is 0. The lowest BCUT2D eigenvalue weighted by Gasteiger charge is -2.01. The van der Waals surface area contributed by atoms with Gasteiger partial charge < -0.3 is 10.8 Å². The highest BCUT2D eigenvalue weighted by Crippen LogP contribution is 2.06. The van der Waals surface area contributed by atoms with E-state index in [-0.39, 0.29) is 6.61 Å². The Labute approximate surface area is 79.4 Å². The van der Waals surface area contributed by atoms with Crippen LogP contribution in [0.3, 0.4) is 0 Å². The van der Waals surface area contributed by atoms with Gasteiger partial charge in [-0.1, -0.05) is 24.3 Å². The predicted molar refractivity (Wildman–Crippen MR) is 54.3 cm³/mol. The molecule has 2 nitrogen and oxygen atoms in total. The fraction of sp³-hybridized carbons (Fsp3) is 0.364.